The molecule has 2 N–H and O–H groups in total. The standard InChI is InChI=1S/C15H14Cl2N2O/c1-19(9-10-2-4-11(16)5-3-10)15(20)13-8-12(18)6-7-14(13)17/h2-8H,9,18H2,1H3. The average molecular weight is 309 g/mol. The molecule has 2 aromatic rings. The van der Waals surface area contributed by atoms with E-state index in [2.05, 4.69) is 0 Å². The Morgan fingerprint density at radius 2 is 1.80 bits per heavy atom. The Balaban J connectivity index is 2.16. The lowest BCUT2D eigenvalue weighted by Crippen LogP contribution is -2.26. The summed E-state index contributed by atoms with van der Waals surface area (Å²) in [6.07, 6.45) is 0. The number of halogens is 2. The molecule has 0 spiro atoms. The summed E-state index contributed by atoms with van der Waals surface area (Å²) in [5.74, 6) is -0.169. The quantitative estimate of drug-likeness (QED) is 0.875. The number of nitrogens with zero attached hydrogens (tertiary/aromatic N) is 1. The van der Waals surface area contributed by atoms with E-state index in [0.29, 0.717) is 27.8 Å². The smallest absolute Gasteiger partial charge is 0.255 e. The highest BCUT2D eigenvalue weighted by atomic mass is 35.5. The van der Waals surface area contributed by atoms with Crippen LogP contribution in [0.4, 0.5) is 5.69 Å². The molecule has 1 amide bonds. The molecule has 0 saturated heterocycles. The van der Waals surface area contributed by atoms with Crippen LogP contribution >= 0.6 is 23.2 Å². The van der Waals surface area contributed by atoms with Crippen LogP contribution in [0.25, 0.3) is 0 Å². The average Bonchev–Trinajstić information content (AvgIpc) is 2.43. The summed E-state index contributed by atoms with van der Waals surface area (Å²) in [7, 11) is 1.72. The van der Waals surface area contributed by atoms with Crippen LogP contribution in [0.15, 0.2) is 42.5 Å². The first kappa shape index (κ1) is 14.7. The Labute approximate surface area is 127 Å². The first-order valence-corrected chi connectivity index (χ1v) is 6.78. The van der Waals surface area contributed by atoms with Crippen molar-refractivity contribution in [1.82, 2.24) is 4.90 Å². The van der Waals surface area contributed by atoms with E-state index in [9.17, 15) is 4.79 Å². The van der Waals surface area contributed by atoms with Crippen molar-refractivity contribution in [2.24, 2.45) is 0 Å². The van der Waals surface area contributed by atoms with Crippen molar-refractivity contribution in [3.8, 4) is 0 Å². The number of carbonyl (C=O) groups is 1. The summed E-state index contributed by atoms with van der Waals surface area (Å²) in [4.78, 5) is 13.9. The molecule has 0 saturated carbocycles. The van der Waals surface area contributed by atoms with Crippen molar-refractivity contribution in [1.29, 1.82) is 0 Å². The maximum absolute atomic E-state index is 12.3. The lowest BCUT2D eigenvalue weighted by atomic mass is 10.1. The van der Waals surface area contributed by atoms with Crippen LogP contribution in [0, 0.1) is 0 Å². The fourth-order valence-corrected chi connectivity index (χ4v) is 2.17. The fourth-order valence-electron chi connectivity index (χ4n) is 1.85. The zero-order valence-electron chi connectivity index (χ0n) is 10.9. The lowest BCUT2D eigenvalue weighted by Gasteiger charge is -2.18. The van der Waals surface area contributed by atoms with Crippen molar-refractivity contribution in [2.75, 3.05) is 12.8 Å². The summed E-state index contributed by atoms with van der Waals surface area (Å²) in [6, 6.07) is 12.2. The first-order chi connectivity index (χ1) is 9.47. The van der Waals surface area contributed by atoms with E-state index in [1.165, 1.54) is 0 Å². The van der Waals surface area contributed by atoms with Gasteiger partial charge in [-0.1, -0.05) is 35.3 Å². The number of amides is 1. The van der Waals surface area contributed by atoms with Crippen molar-refractivity contribution in [3.05, 3.63) is 63.6 Å². The van der Waals surface area contributed by atoms with Crippen molar-refractivity contribution in [3.63, 3.8) is 0 Å². The van der Waals surface area contributed by atoms with Crippen molar-refractivity contribution < 1.29 is 4.79 Å². The van der Waals surface area contributed by atoms with E-state index in [1.807, 2.05) is 12.1 Å². The Kier molecular flexibility index (Phi) is 4.53. The van der Waals surface area contributed by atoms with E-state index >= 15 is 0 Å². The number of benzene rings is 2. The molecule has 0 aromatic heterocycles. The van der Waals surface area contributed by atoms with Crippen LogP contribution in [0.1, 0.15) is 15.9 Å². The molecule has 0 heterocycles. The van der Waals surface area contributed by atoms with Gasteiger partial charge in [0.05, 0.1) is 10.6 Å². The first-order valence-electron chi connectivity index (χ1n) is 6.02. The van der Waals surface area contributed by atoms with Gasteiger partial charge in [-0.2, -0.15) is 0 Å². The van der Waals surface area contributed by atoms with Crippen molar-refractivity contribution >= 4 is 34.8 Å². The Morgan fingerprint density at radius 3 is 2.45 bits per heavy atom. The predicted molar refractivity (Wildman–Crippen MR) is 83.1 cm³/mol. The van der Waals surface area contributed by atoms with E-state index < -0.39 is 0 Å². The van der Waals surface area contributed by atoms with Gasteiger partial charge in [-0.25, -0.2) is 0 Å². The van der Waals surface area contributed by atoms with Crippen molar-refractivity contribution in [2.45, 2.75) is 6.54 Å². The van der Waals surface area contributed by atoms with Crippen LogP contribution in [0.3, 0.4) is 0 Å². The summed E-state index contributed by atoms with van der Waals surface area (Å²) in [5.41, 5.74) is 7.60. The second kappa shape index (κ2) is 6.16. The van der Waals surface area contributed by atoms with Gasteiger partial charge in [0, 0.05) is 24.3 Å². The second-order valence-corrected chi connectivity index (χ2v) is 5.37. The van der Waals surface area contributed by atoms with Gasteiger partial charge in [0.1, 0.15) is 0 Å². The SMILES string of the molecule is CN(Cc1ccc(Cl)cc1)C(=O)c1cc(N)ccc1Cl. The van der Waals surface area contributed by atoms with Gasteiger partial charge in [-0.05, 0) is 35.9 Å². The molecule has 104 valence electrons. The third-order valence-corrected chi connectivity index (χ3v) is 3.48. The number of rotatable bonds is 3. The highest BCUT2D eigenvalue weighted by molar-refractivity contribution is 6.34. The molecule has 0 aliphatic rings. The highest BCUT2D eigenvalue weighted by Gasteiger charge is 2.15. The van der Waals surface area contributed by atoms with Gasteiger partial charge >= 0.3 is 0 Å². The Morgan fingerprint density at radius 1 is 1.15 bits per heavy atom. The summed E-state index contributed by atoms with van der Waals surface area (Å²) < 4.78 is 0. The molecule has 3 nitrogen and oxygen atoms in total. The molecule has 2 rings (SSSR count). The van der Waals surface area contributed by atoms with Crippen LogP contribution in [-0.2, 0) is 6.54 Å². The number of nitrogens with two attached hydrogens (primary N) is 1. The number of carbonyl (C=O) groups excluding carboxylic acids is 1. The minimum Gasteiger partial charge on any atom is -0.399 e. The minimum atomic E-state index is -0.169. The molecule has 0 radical (unpaired) electrons. The Hall–Kier alpha value is -1.71. The molecule has 0 bridgehead atoms. The van der Waals surface area contributed by atoms with E-state index in [4.69, 9.17) is 28.9 Å². The number of hydrogen-bond acceptors (Lipinski definition) is 2. The van der Waals surface area contributed by atoms with E-state index in [-0.39, 0.29) is 5.91 Å². The van der Waals surface area contributed by atoms with E-state index in [0.717, 1.165) is 5.56 Å². The third-order valence-electron chi connectivity index (χ3n) is 2.90. The Bertz CT molecular complexity index is 626. The van der Waals surface area contributed by atoms with Crippen LogP contribution in [-0.4, -0.2) is 17.9 Å². The molecule has 20 heavy (non-hydrogen) atoms. The lowest BCUT2D eigenvalue weighted by molar-refractivity contribution is 0.0785. The fraction of sp³-hybridized carbons (Fsp3) is 0.133. The van der Waals surface area contributed by atoms with Crippen LogP contribution in [0.5, 0.6) is 0 Å². The number of hydrogen-bond donors (Lipinski definition) is 1. The van der Waals surface area contributed by atoms with Gasteiger partial charge in [0.25, 0.3) is 5.91 Å². The largest absolute Gasteiger partial charge is 0.399 e. The maximum Gasteiger partial charge on any atom is 0.255 e. The molecule has 0 fully saturated rings. The molecule has 0 aliphatic heterocycles. The highest BCUT2D eigenvalue weighted by Crippen LogP contribution is 2.21. The topological polar surface area (TPSA) is 46.3 Å². The van der Waals surface area contributed by atoms with Crippen LogP contribution < -0.4 is 5.73 Å². The molecule has 0 unspecified atom stereocenters. The van der Waals surface area contributed by atoms with Gasteiger partial charge in [0.15, 0.2) is 0 Å². The monoisotopic (exact) mass is 308 g/mol. The van der Waals surface area contributed by atoms with Gasteiger partial charge in [0.2, 0.25) is 0 Å². The normalized spacial score (nSPS) is 10.3. The number of nitrogen functional groups attached to an aromatic ring is 1. The molecular formula is C15H14Cl2N2O. The van der Waals surface area contributed by atoms with Crippen LogP contribution in [0.2, 0.25) is 10.0 Å². The molecule has 2 aromatic carbocycles. The van der Waals surface area contributed by atoms with Gasteiger partial charge < -0.3 is 10.6 Å². The summed E-state index contributed by atoms with van der Waals surface area (Å²) in [6.45, 7) is 0.473. The van der Waals surface area contributed by atoms with Gasteiger partial charge in [-0.3, -0.25) is 4.79 Å². The summed E-state index contributed by atoms with van der Waals surface area (Å²) in [5, 5.41) is 1.06. The summed E-state index contributed by atoms with van der Waals surface area (Å²) >= 11 is 11.9. The second-order valence-electron chi connectivity index (χ2n) is 4.53. The molecular weight excluding hydrogens is 295 g/mol. The minimum absolute atomic E-state index is 0.169. The third kappa shape index (κ3) is 3.44. The van der Waals surface area contributed by atoms with E-state index in [1.54, 1.807) is 42.3 Å². The number of anilines is 1. The molecule has 0 aliphatic carbocycles. The zero-order chi connectivity index (χ0) is 14.7. The zero-order valence-corrected chi connectivity index (χ0v) is 12.4. The molecule has 5 heteroatoms. The van der Waals surface area contributed by atoms with Gasteiger partial charge in [-0.15, -0.1) is 0 Å². The maximum atomic E-state index is 12.3. The predicted octanol–water partition coefficient (Wildman–Crippen LogP) is 3.85. The molecule has 0 atom stereocenters.